The minimum atomic E-state index is -0.292. The van der Waals surface area contributed by atoms with Crippen LogP contribution in [0.4, 0.5) is 5.69 Å². The number of rotatable bonds is 2. The van der Waals surface area contributed by atoms with Crippen LogP contribution >= 0.6 is 11.3 Å². The first-order valence-corrected chi connectivity index (χ1v) is 9.84. The molecule has 0 N–H and O–H groups in total. The Hall–Kier alpha value is -2.39. The number of thiophene rings is 1. The van der Waals surface area contributed by atoms with E-state index in [2.05, 4.69) is 69.3 Å². The first-order chi connectivity index (χ1) is 12.4. The molecule has 0 bridgehead atoms. The summed E-state index contributed by atoms with van der Waals surface area (Å²) in [5, 5.41) is 1.96. The van der Waals surface area contributed by atoms with Crippen molar-refractivity contribution in [1.29, 1.82) is 0 Å². The van der Waals surface area contributed by atoms with Gasteiger partial charge in [-0.25, -0.2) is 0 Å². The van der Waals surface area contributed by atoms with Crippen LogP contribution in [-0.2, 0) is 5.41 Å². The molecule has 0 saturated carbocycles. The maximum atomic E-state index is 13.3. The minimum absolute atomic E-state index is 0.0903. The van der Waals surface area contributed by atoms with Crippen molar-refractivity contribution in [1.82, 2.24) is 0 Å². The Kier molecular flexibility index (Phi) is 4.00. The molecule has 3 aromatic rings. The van der Waals surface area contributed by atoms with E-state index in [1.807, 2.05) is 28.5 Å². The molecule has 1 aromatic heterocycles. The lowest BCUT2D eigenvalue weighted by Crippen LogP contribution is -2.55. The van der Waals surface area contributed by atoms with Gasteiger partial charge in [0, 0.05) is 16.6 Å². The van der Waals surface area contributed by atoms with Crippen LogP contribution in [0.25, 0.3) is 0 Å². The van der Waals surface area contributed by atoms with Crippen molar-refractivity contribution < 1.29 is 4.79 Å². The monoisotopic (exact) mass is 361 g/mol. The average Bonchev–Trinajstić information content (AvgIpc) is 3.16. The van der Waals surface area contributed by atoms with Crippen LogP contribution in [0.5, 0.6) is 0 Å². The number of carbonyl (C=O) groups is 1. The molecule has 0 fully saturated rings. The average molecular weight is 362 g/mol. The Morgan fingerprint density at radius 2 is 1.62 bits per heavy atom. The maximum Gasteiger partial charge on any atom is 0.268 e. The van der Waals surface area contributed by atoms with Gasteiger partial charge in [-0.2, -0.15) is 0 Å². The van der Waals surface area contributed by atoms with Crippen LogP contribution in [-0.4, -0.2) is 11.4 Å². The van der Waals surface area contributed by atoms with Gasteiger partial charge in [0.05, 0.1) is 4.88 Å². The van der Waals surface area contributed by atoms with Gasteiger partial charge < -0.3 is 4.90 Å². The van der Waals surface area contributed by atoms with E-state index < -0.39 is 0 Å². The normalized spacial score (nSPS) is 21.3. The van der Waals surface area contributed by atoms with Gasteiger partial charge in [-0.15, -0.1) is 11.3 Å². The number of amides is 1. The number of anilines is 1. The standard InChI is InChI=1S/C23H23NOS/c1-22(2)16-23(3,17-10-5-4-6-11-17)18-12-7-8-13-19(18)24(22)21(25)20-14-9-15-26-20/h4-15H,16H2,1-3H3/t23-/m1/s1. The fraction of sp³-hybridized carbons (Fsp3) is 0.261. The smallest absolute Gasteiger partial charge is 0.268 e. The molecule has 1 atom stereocenters. The highest BCUT2D eigenvalue weighted by Crippen LogP contribution is 2.50. The summed E-state index contributed by atoms with van der Waals surface area (Å²) < 4.78 is 0. The minimum Gasteiger partial charge on any atom is -0.302 e. The lowest BCUT2D eigenvalue weighted by Gasteiger charge is -2.51. The number of benzene rings is 2. The zero-order valence-electron chi connectivity index (χ0n) is 15.4. The predicted molar refractivity (Wildman–Crippen MR) is 109 cm³/mol. The summed E-state index contributed by atoms with van der Waals surface area (Å²) in [5.41, 5.74) is 3.11. The first-order valence-electron chi connectivity index (χ1n) is 8.97. The summed E-state index contributed by atoms with van der Waals surface area (Å²) in [6, 6.07) is 22.9. The molecule has 0 radical (unpaired) electrons. The van der Waals surface area contributed by atoms with E-state index >= 15 is 0 Å². The molecular formula is C23H23NOS. The summed E-state index contributed by atoms with van der Waals surface area (Å²) >= 11 is 1.51. The van der Waals surface area contributed by atoms with E-state index in [4.69, 9.17) is 0 Å². The van der Waals surface area contributed by atoms with Crippen LogP contribution in [0.2, 0.25) is 0 Å². The Balaban J connectivity index is 1.91. The van der Waals surface area contributed by atoms with Crippen LogP contribution in [0, 0.1) is 0 Å². The van der Waals surface area contributed by atoms with E-state index in [-0.39, 0.29) is 16.9 Å². The molecule has 3 heteroatoms. The van der Waals surface area contributed by atoms with Gasteiger partial charge in [0.2, 0.25) is 0 Å². The van der Waals surface area contributed by atoms with Crippen molar-refractivity contribution in [2.45, 2.75) is 38.1 Å². The second-order valence-corrected chi connectivity index (χ2v) is 8.77. The van der Waals surface area contributed by atoms with Gasteiger partial charge in [-0.05, 0) is 48.9 Å². The lowest BCUT2D eigenvalue weighted by molar-refractivity contribution is 0.0953. The summed E-state index contributed by atoms with van der Waals surface area (Å²) in [6.45, 7) is 6.65. The van der Waals surface area contributed by atoms with Crippen molar-refractivity contribution in [2.24, 2.45) is 0 Å². The van der Waals surface area contributed by atoms with E-state index in [0.29, 0.717) is 0 Å². The highest BCUT2D eigenvalue weighted by Gasteiger charge is 2.47. The number of nitrogens with zero attached hydrogens (tertiary/aromatic N) is 1. The van der Waals surface area contributed by atoms with Crippen molar-refractivity contribution in [3.05, 3.63) is 88.1 Å². The molecule has 132 valence electrons. The molecule has 0 spiro atoms. The Morgan fingerprint density at radius 1 is 0.923 bits per heavy atom. The van der Waals surface area contributed by atoms with Crippen LogP contribution in [0.3, 0.4) is 0 Å². The van der Waals surface area contributed by atoms with Crippen LogP contribution in [0.15, 0.2) is 72.1 Å². The summed E-state index contributed by atoms with van der Waals surface area (Å²) in [4.78, 5) is 16.1. The number of fused-ring (bicyclic) bond motifs is 1. The van der Waals surface area contributed by atoms with E-state index in [9.17, 15) is 4.79 Å². The number of para-hydroxylation sites is 1. The van der Waals surface area contributed by atoms with Crippen molar-refractivity contribution in [3.63, 3.8) is 0 Å². The van der Waals surface area contributed by atoms with Gasteiger partial charge in [0.15, 0.2) is 0 Å². The zero-order valence-corrected chi connectivity index (χ0v) is 16.2. The molecule has 1 amide bonds. The Morgan fingerprint density at radius 3 is 2.31 bits per heavy atom. The molecule has 0 unspecified atom stereocenters. The second kappa shape index (κ2) is 6.10. The topological polar surface area (TPSA) is 20.3 Å². The number of hydrogen-bond donors (Lipinski definition) is 0. The highest BCUT2D eigenvalue weighted by atomic mass is 32.1. The SMILES string of the molecule is CC1(C)C[C@](C)(c2ccccc2)c2ccccc2N1C(=O)c1cccs1. The first kappa shape index (κ1) is 17.0. The molecular weight excluding hydrogens is 338 g/mol. The molecule has 4 rings (SSSR count). The maximum absolute atomic E-state index is 13.3. The van der Waals surface area contributed by atoms with E-state index in [0.717, 1.165) is 17.0 Å². The Bertz CT molecular complexity index is 930. The fourth-order valence-electron chi connectivity index (χ4n) is 4.46. The highest BCUT2D eigenvalue weighted by molar-refractivity contribution is 7.12. The Labute approximate surface area is 159 Å². The van der Waals surface area contributed by atoms with Gasteiger partial charge in [0.25, 0.3) is 5.91 Å². The van der Waals surface area contributed by atoms with Gasteiger partial charge in [0.1, 0.15) is 0 Å². The van der Waals surface area contributed by atoms with Crippen molar-refractivity contribution >= 4 is 22.9 Å². The second-order valence-electron chi connectivity index (χ2n) is 7.82. The zero-order chi connectivity index (χ0) is 18.4. The molecule has 2 heterocycles. The van der Waals surface area contributed by atoms with Crippen molar-refractivity contribution in [2.75, 3.05) is 4.90 Å². The third-order valence-corrected chi connectivity index (χ3v) is 6.33. The molecule has 1 aliphatic rings. The molecule has 2 nitrogen and oxygen atoms in total. The van der Waals surface area contributed by atoms with Crippen molar-refractivity contribution in [3.8, 4) is 0 Å². The number of carbonyl (C=O) groups excluding carboxylic acids is 1. The fourth-order valence-corrected chi connectivity index (χ4v) is 5.11. The predicted octanol–water partition coefficient (Wildman–Crippen LogP) is 5.88. The largest absolute Gasteiger partial charge is 0.302 e. The lowest BCUT2D eigenvalue weighted by atomic mass is 9.65. The van der Waals surface area contributed by atoms with Gasteiger partial charge >= 0.3 is 0 Å². The summed E-state index contributed by atoms with van der Waals surface area (Å²) in [5.74, 6) is 0.0903. The van der Waals surface area contributed by atoms with Crippen LogP contribution < -0.4 is 4.90 Å². The van der Waals surface area contributed by atoms with Gasteiger partial charge in [-0.1, -0.05) is 61.5 Å². The summed E-state index contributed by atoms with van der Waals surface area (Å²) in [7, 11) is 0. The summed E-state index contributed by atoms with van der Waals surface area (Å²) in [6.07, 6.45) is 0.873. The molecule has 26 heavy (non-hydrogen) atoms. The quantitative estimate of drug-likeness (QED) is 0.558. The molecule has 1 aliphatic heterocycles. The van der Waals surface area contributed by atoms with E-state index in [1.165, 1.54) is 22.5 Å². The van der Waals surface area contributed by atoms with E-state index in [1.54, 1.807) is 0 Å². The molecule has 0 aliphatic carbocycles. The van der Waals surface area contributed by atoms with Crippen LogP contribution in [0.1, 0.15) is 48.0 Å². The molecule has 0 saturated heterocycles. The third kappa shape index (κ3) is 2.58. The third-order valence-electron chi connectivity index (χ3n) is 5.48. The molecule has 2 aromatic carbocycles. The van der Waals surface area contributed by atoms with Gasteiger partial charge in [-0.3, -0.25) is 4.79 Å². The number of hydrogen-bond acceptors (Lipinski definition) is 2.